The van der Waals surface area contributed by atoms with Gasteiger partial charge in [-0.15, -0.1) is 10.2 Å². The van der Waals surface area contributed by atoms with Gasteiger partial charge in [-0.05, 0) is 18.9 Å². The molecule has 1 aliphatic heterocycles. The maximum atomic E-state index is 4.42. The summed E-state index contributed by atoms with van der Waals surface area (Å²) in [6, 6.07) is 19.2. The van der Waals surface area contributed by atoms with Crippen LogP contribution in [0.4, 0.5) is 0 Å². The number of hydrogen-bond acceptors (Lipinski definition) is 4. The van der Waals surface area contributed by atoms with Gasteiger partial charge in [-0.2, -0.15) is 0 Å². The molecule has 0 spiro atoms. The molecule has 0 aliphatic carbocycles. The molecule has 0 fully saturated rings. The molecule has 5 heteroatoms. The first-order valence-corrected chi connectivity index (χ1v) is 9.17. The molecule has 4 rings (SSSR count). The Hall–Kier alpha value is -2.11. The Labute approximate surface area is 146 Å². The van der Waals surface area contributed by atoms with Gasteiger partial charge in [0.1, 0.15) is 0 Å². The molecule has 0 atom stereocenters. The zero-order chi connectivity index (χ0) is 16.4. The second-order valence-electron chi connectivity index (χ2n) is 6.15. The van der Waals surface area contributed by atoms with Gasteiger partial charge in [0.25, 0.3) is 0 Å². The summed E-state index contributed by atoms with van der Waals surface area (Å²) < 4.78 is 2.23. The molecule has 2 aromatic carbocycles. The van der Waals surface area contributed by atoms with Crippen molar-refractivity contribution < 1.29 is 0 Å². The summed E-state index contributed by atoms with van der Waals surface area (Å²) in [7, 11) is 0. The van der Waals surface area contributed by atoms with Crippen LogP contribution in [-0.2, 0) is 13.1 Å². The Bertz CT molecular complexity index is 811. The molecule has 0 amide bonds. The molecule has 0 N–H and O–H groups in total. The van der Waals surface area contributed by atoms with Gasteiger partial charge < -0.3 is 0 Å². The Morgan fingerprint density at radius 2 is 1.79 bits per heavy atom. The largest absolute Gasteiger partial charge is 0.288 e. The van der Waals surface area contributed by atoms with Crippen LogP contribution in [0, 0.1) is 6.92 Å². The Morgan fingerprint density at radius 3 is 2.58 bits per heavy atom. The topological polar surface area (TPSA) is 34.0 Å². The van der Waals surface area contributed by atoms with Crippen LogP contribution >= 0.6 is 11.8 Å². The summed E-state index contributed by atoms with van der Waals surface area (Å²) in [6.45, 7) is 4.00. The Balaban J connectivity index is 1.50. The van der Waals surface area contributed by atoms with Gasteiger partial charge in [-0.1, -0.05) is 71.9 Å². The van der Waals surface area contributed by atoms with E-state index in [9.17, 15) is 0 Å². The molecule has 2 heterocycles. The van der Waals surface area contributed by atoms with E-state index in [0.717, 1.165) is 42.1 Å². The van der Waals surface area contributed by atoms with Crippen LogP contribution in [0.1, 0.15) is 11.1 Å². The van der Waals surface area contributed by atoms with Crippen molar-refractivity contribution in [3.8, 4) is 11.4 Å². The average molecular weight is 336 g/mol. The molecule has 0 saturated carbocycles. The summed E-state index contributed by atoms with van der Waals surface area (Å²) >= 11 is 1.77. The number of nitrogens with zero attached hydrogens (tertiary/aromatic N) is 4. The van der Waals surface area contributed by atoms with E-state index in [1.54, 1.807) is 11.8 Å². The summed E-state index contributed by atoms with van der Waals surface area (Å²) in [5.41, 5.74) is 3.77. The van der Waals surface area contributed by atoms with E-state index >= 15 is 0 Å². The molecule has 122 valence electrons. The molecular formula is C19H20N4S. The first kappa shape index (κ1) is 15.4. The number of aryl methyl sites for hydroxylation is 1. The fourth-order valence-electron chi connectivity index (χ4n) is 2.90. The van der Waals surface area contributed by atoms with Gasteiger partial charge in [-0.25, -0.2) is 0 Å². The second kappa shape index (κ2) is 6.79. The van der Waals surface area contributed by atoms with Crippen LogP contribution in [-0.4, -0.2) is 32.1 Å². The van der Waals surface area contributed by atoms with Gasteiger partial charge >= 0.3 is 0 Å². The minimum absolute atomic E-state index is 0.853. The molecule has 0 saturated heterocycles. The van der Waals surface area contributed by atoms with Gasteiger partial charge in [-0.3, -0.25) is 9.47 Å². The molecule has 3 aromatic rings. The van der Waals surface area contributed by atoms with Crippen molar-refractivity contribution in [2.75, 3.05) is 12.4 Å². The summed E-state index contributed by atoms with van der Waals surface area (Å²) in [5, 5.41) is 9.79. The lowest BCUT2D eigenvalue weighted by Gasteiger charge is -2.27. The SMILES string of the molecule is Cc1ccc(-c2nnc3n2CN(CCc2ccccc2)CS3)cc1. The first-order chi connectivity index (χ1) is 11.8. The highest BCUT2D eigenvalue weighted by Crippen LogP contribution is 2.29. The van der Waals surface area contributed by atoms with E-state index < -0.39 is 0 Å². The number of hydrogen-bond donors (Lipinski definition) is 0. The van der Waals surface area contributed by atoms with Gasteiger partial charge in [0.15, 0.2) is 11.0 Å². The lowest BCUT2D eigenvalue weighted by atomic mass is 10.1. The lowest BCUT2D eigenvalue weighted by Crippen LogP contribution is -2.32. The minimum atomic E-state index is 0.853. The van der Waals surface area contributed by atoms with Gasteiger partial charge in [0.2, 0.25) is 0 Å². The van der Waals surface area contributed by atoms with Crippen LogP contribution in [0.2, 0.25) is 0 Å². The normalized spacial score (nSPS) is 14.5. The monoisotopic (exact) mass is 336 g/mol. The lowest BCUT2D eigenvalue weighted by molar-refractivity contribution is 0.242. The highest BCUT2D eigenvalue weighted by atomic mass is 32.2. The highest BCUT2D eigenvalue weighted by Gasteiger charge is 2.22. The Kier molecular flexibility index (Phi) is 4.36. The molecule has 0 bridgehead atoms. The number of thioether (sulfide) groups is 1. The van der Waals surface area contributed by atoms with Crippen LogP contribution in [0.3, 0.4) is 0 Å². The first-order valence-electron chi connectivity index (χ1n) is 8.19. The van der Waals surface area contributed by atoms with Crippen molar-refractivity contribution in [3.63, 3.8) is 0 Å². The van der Waals surface area contributed by atoms with Crippen molar-refractivity contribution in [3.05, 3.63) is 65.7 Å². The third-order valence-corrected chi connectivity index (χ3v) is 5.36. The average Bonchev–Trinajstić information content (AvgIpc) is 3.05. The maximum absolute atomic E-state index is 4.42. The number of fused-ring (bicyclic) bond motifs is 1. The van der Waals surface area contributed by atoms with E-state index in [0.29, 0.717) is 0 Å². The van der Waals surface area contributed by atoms with Crippen LogP contribution in [0.5, 0.6) is 0 Å². The fraction of sp³-hybridized carbons (Fsp3) is 0.263. The van der Waals surface area contributed by atoms with Crippen LogP contribution in [0.15, 0.2) is 59.8 Å². The van der Waals surface area contributed by atoms with Gasteiger partial charge in [0.05, 0.1) is 12.5 Å². The van der Waals surface area contributed by atoms with Crippen molar-refractivity contribution in [2.24, 2.45) is 0 Å². The zero-order valence-electron chi connectivity index (χ0n) is 13.7. The van der Waals surface area contributed by atoms with Crippen LogP contribution in [0.25, 0.3) is 11.4 Å². The predicted molar refractivity (Wildman–Crippen MR) is 97.8 cm³/mol. The molecule has 1 aliphatic rings. The standard InChI is InChI=1S/C19H20N4S/c1-15-7-9-17(10-8-15)18-20-21-19-23(18)13-22(14-24-19)12-11-16-5-3-2-4-6-16/h2-10H,11-14H2,1H3. The van der Waals surface area contributed by atoms with E-state index in [-0.39, 0.29) is 0 Å². The molecule has 1 aromatic heterocycles. The quantitative estimate of drug-likeness (QED) is 0.725. The molecular weight excluding hydrogens is 316 g/mol. The number of benzene rings is 2. The fourth-order valence-corrected chi connectivity index (χ4v) is 3.80. The van der Waals surface area contributed by atoms with Crippen molar-refractivity contribution >= 4 is 11.8 Å². The molecule has 0 radical (unpaired) electrons. The number of aromatic nitrogens is 3. The van der Waals surface area contributed by atoms with Crippen molar-refractivity contribution in [1.29, 1.82) is 0 Å². The summed E-state index contributed by atoms with van der Waals surface area (Å²) in [5.74, 6) is 1.93. The maximum Gasteiger partial charge on any atom is 0.193 e. The third-order valence-electron chi connectivity index (χ3n) is 4.30. The van der Waals surface area contributed by atoms with E-state index in [4.69, 9.17) is 0 Å². The van der Waals surface area contributed by atoms with Crippen molar-refractivity contribution in [2.45, 2.75) is 25.2 Å². The Morgan fingerprint density at radius 1 is 1.00 bits per heavy atom. The predicted octanol–water partition coefficient (Wildman–Crippen LogP) is 3.82. The smallest absolute Gasteiger partial charge is 0.193 e. The molecule has 24 heavy (non-hydrogen) atoms. The number of rotatable bonds is 4. The highest BCUT2D eigenvalue weighted by molar-refractivity contribution is 7.99. The van der Waals surface area contributed by atoms with E-state index in [2.05, 4.69) is 81.2 Å². The third kappa shape index (κ3) is 3.23. The van der Waals surface area contributed by atoms with E-state index in [1.807, 2.05) is 0 Å². The second-order valence-corrected chi connectivity index (χ2v) is 7.06. The van der Waals surface area contributed by atoms with E-state index in [1.165, 1.54) is 11.1 Å². The molecule has 4 nitrogen and oxygen atoms in total. The van der Waals surface area contributed by atoms with Crippen molar-refractivity contribution in [1.82, 2.24) is 19.7 Å². The zero-order valence-corrected chi connectivity index (χ0v) is 14.5. The molecule has 0 unspecified atom stereocenters. The minimum Gasteiger partial charge on any atom is -0.288 e. The van der Waals surface area contributed by atoms with Gasteiger partial charge in [0, 0.05) is 12.1 Å². The summed E-state index contributed by atoms with van der Waals surface area (Å²) in [4.78, 5) is 2.45. The van der Waals surface area contributed by atoms with Crippen LogP contribution < -0.4 is 0 Å². The summed E-state index contributed by atoms with van der Waals surface area (Å²) in [6.07, 6.45) is 1.07.